The SMILES string of the molecule is CC[C@H]1OC(=O)C(C)C(=O)[C@H](C)[C@@H](OC2OC(CNCCC(F)(F)F)CC(N(C)C)C2O)[C@](C)(OC)C[C@@H](C)CN[C@H](C)[C@H]2NC(=O)O[C@@]21C. The molecule has 3 aliphatic rings. The van der Waals surface area contributed by atoms with Crippen molar-refractivity contribution in [3.8, 4) is 0 Å². The lowest BCUT2D eigenvalue weighted by Crippen LogP contribution is -2.60. The number of aliphatic hydroxyl groups excluding tert-OH is 1. The highest BCUT2D eigenvalue weighted by molar-refractivity contribution is 6.00. The normalized spacial score (nSPS) is 41.1. The Hall–Kier alpha value is -2.08. The van der Waals surface area contributed by atoms with Gasteiger partial charge in [0.15, 0.2) is 17.7 Å². The third kappa shape index (κ3) is 10.1. The summed E-state index contributed by atoms with van der Waals surface area (Å²) in [6.07, 6.45) is -9.89. The van der Waals surface area contributed by atoms with Gasteiger partial charge in [-0.3, -0.25) is 9.59 Å². The van der Waals surface area contributed by atoms with Crippen LogP contribution in [0.5, 0.6) is 0 Å². The monoisotopic (exact) mass is 724 g/mol. The Morgan fingerprint density at radius 3 is 2.36 bits per heavy atom. The lowest BCUT2D eigenvalue weighted by molar-refractivity contribution is -0.297. The van der Waals surface area contributed by atoms with Gasteiger partial charge in [0.25, 0.3) is 0 Å². The van der Waals surface area contributed by atoms with Gasteiger partial charge in [-0.15, -0.1) is 0 Å². The van der Waals surface area contributed by atoms with E-state index >= 15 is 0 Å². The van der Waals surface area contributed by atoms with E-state index in [1.807, 2.05) is 13.8 Å². The van der Waals surface area contributed by atoms with Crippen molar-refractivity contribution < 1.29 is 56.3 Å². The zero-order valence-corrected chi connectivity index (χ0v) is 31.1. The summed E-state index contributed by atoms with van der Waals surface area (Å²) in [4.78, 5) is 42.0. The summed E-state index contributed by atoms with van der Waals surface area (Å²) in [5, 5.41) is 20.6. The van der Waals surface area contributed by atoms with Crippen molar-refractivity contribution in [3.63, 3.8) is 0 Å². The second kappa shape index (κ2) is 17.2. The number of hydrogen-bond acceptors (Lipinski definition) is 12. The first kappa shape index (κ1) is 42.3. The van der Waals surface area contributed by atoms with Gasteiger partial charge < -0.3 is 49.6 Å². The number of alkyl carbamates (subject to hydrolysis) is 1. The number of cyclic esters (lactones) is 1. The minimum Gasteiger partial charge on any atom is -0.458 e. The van der Waals surface area contributed by atoms with Crippen molar-refractivity contribution in [3.05, 3.63) is 0 Å². The predicted octanol–water partition coefficient (Wildman–Crippen LogP) is 2.77. The molecule has 13 nitrogen and oxygen atoms in total. The first-order valence-corrected chi connectivity index (χ1v) is 17.6. The molecular formula is C34H59F3N4O9. The maximum absolute atomic E-state index is 14.2. The van der Waals surface area contributed by atoms with Crippen LogP contribution in [0.25, 0.3) is 0 Å². The molecule has 0 spiro atoms. The van der Waals surface area contributed by atoms with E-state index in [1.165, 1.54) is 14.0 Å². The summed E-state index contributed by atoms with van der Waals surface area (Å²) >= 11 is 0. The number of fused-ring (bicyclic) bond motifs is 1. The molecule has 13 atom stereocenters. The third-order valence-corrected chi connectivity index (χ3v) is 10.7. The quantitative estimate of drug-likeness (QED) is 0.157. The second-order valence-corrected chi connectivity index (χ2v) is 15.0. The summed E-state index contributed by atoms with van der Waals surface area (Å²) in [7, 11) is 5.05. The molecule has 50 heavy (non-hydrogen) atoms. The molecule has 1 amide bonds. The maximum Gasteiger partial charge on any atom is 0.408 e. The summed E-state index contributed by atoms with van der Waals surface area (Å²) in [6, 6.07) is -1.33. The Bertz CT molecular complexity index is 1170. The van der Waals surface area contributed by atoms with Crippen LogP contribution in [0.4, 0.5) is 18.0 Å². The van der Waals surface area contributed by atoms with E-state index in [0.29, 0.717) is 25.8 Å². The zero-order valence-electron chi connectivity index (χ0n) is 31.1. The van der Waals surface area contributed by atoms with Crippen molar-refractivity contribution in [2.75, 3.05) is 40.8 Å². The first-order valence-electron chi connectivity index (χ1n) is 17.6. The van der Waals surface area contributed by atoms with Crippen LogP contribution in [0.2, 0.25) is 0 Å². The van der Waals surface area contributed by atoms with Gasteiger partial charge >= 0.3 is 18.2 Å². The molecule has 3 heterocycles. The van der Waals surface area contributed by atoms with Gasteiger partial charge in [0, 0.05) is 38.2 Å². The van der Waals surface area contributed by atoms with E-state index in [2.05, 4.69) is 16.0 Å². The largest absolute Gasteiger partial charge is 0.458 e. The number of nitrogens with one attached hydrogen (secondary N) is 3. The molecule has 0 aromatic carbocycles. The summed E-state index contributed by atoms with van der Waals surface area (Å²) < 4.78 is 68.8. The van der Waals surface area contributed by atoms with Gasteiger partial charge in [-0.05, 0) is 73.5 Å². The molecule has 16 heteroatoms. The molecule has 3 rings (SSSR count). The Morgan fingerprint density at radius 2 is 1.78 bits per heavy atom. The highest BCUT2D eigenvalue weighted by Crippen LogP contribution is 2.37. The molecule has 0 aliphatic carbocycles. The van der Waals surface area contributed by atoms with Crippen LogP contribution in [0.1, 0.15) is 74.1 Å². The summed E-state index contributed by atoms with van der Waals surface area (Å²) in [5.41, 5.74) is -2.36. The number of ether oxygens (including phenoxy) is 5. The van der Waals surface area contributed by atoms with Crippen LogP contribution in [0.15, 0.2) is 0 Å². The molecule has 0 aromatic heterocycles. The standard InChI is InChI=1S/C34H59F3N4O9/c1-11-24-33(7)27(40-31(45)50-33)21(5)39-16-18(2)15-32(6,46-10)28(19(3)25(42)20(4)29(44)48-24)49-30-26(43)23(41(8)9)14-22(47-30)17-38-13-12-34(35,36)37/h18-24,26-28,30,38-39,43H,11-17H2,1-10H3,(H,40,45)/t18-,19+,20?,21-,22?,23?,24-,26?,27-,28-,30?,32-,33-/m1/s1. The number of carbonyl (C=O) groups is 3. The second-order valence-electron chi connectivity index (χ2n) is 15.0. The number of esters is 1. The average molecular weight is 725 g/mol. The first-order chi connectivity index (χ1) is 23.2. The highest BCUT2D eigenvalue weighted by atomic mass is 19.4. The van der Waals surface area contributed by atoms with Crippen LogP contribution < -0.4 is 16.0 Å². The molecule has 0 aromatic rings. The Labute approximate surface area is 294 Å². The van der Waals surface area contributed by atoms with E-state index < -0.39 is 96.3 Å². The van der Waals surface area contributed by atoms with E-state index in [1.54, 1.807) is 46.7 Å². The van der Waals surface area contributed by atoms with Crippen LogP contribution in [-0.2, 0) is 33.3 Å². The third-order valence-electron chi connectivity index (χ3n) is 10.7. The van der Waals surface area contributed by atoms with Gasteiger partial charge in [0.2, 0.25) is 0 Å². The minimum atomic E-state index is -4.31. The van der Waals surface area contributed by atoms with Crippen molar-refractivity contribution in [2.24, 2.45) is 17.8 Å². The average Bonchev–Trinajstić information content (AvgIpc) is 3.36. The number of likely N-dealkylation sites (N-methyl/N-ethyl adjacent to an activating group) is 1. The zero-order chi connectivity index (χ0) is 37.8. The van der Waals surface area contributed by atoms with Gasteiger partial charge in [0.1, 0.15) is 18.1 Å². The lowest BCUT2D eigenvalue weighted by atomic mass is 9.78. The van der Waals surface area contributed by atoms with Crippen LogP contribution in [0, 0.1) is 17.8 Å². The fourth-order valence-electron chi connectivity index (χ4n) is 7.65. The molecule has 0 radical (unpaired) electrons. The fraction of sp³-hybridized carbons (Fsp3) is 0.912. The highest BCUT2D eigenvalue weighted by Gasteiger charge is 2.55. The van der Waals surface area contributed by atoms with Crippen molar-refractivity contribution in [2.45, 2.75) is 140 Å². The smallest absolute Gasteiger partial charge is 0.408 e. The van der Waals surface area contributed by atoms with E-state index in [-0.39, 0.29) is 25.0 Å². The van der Waals surface area contributed by atoms with Crippen LogP contribution in [0.3, 0.4) is 0 Å². The van der Waals surface area contributed by atoms with E-state index in [0.717, 1.165) is 0 Å². The number of methoxy groups -OCH3 is 1. The predicted molar refractivity (Wildman–Crippen MR) is 177 cm³/mol. The van der Waals surface area contributed by atoms with E-state index in [4.69, 9.17) is 23.7 Å². The molecule has 290 valence electrons. The van der Waals surface area contributed by atoms with Crippen molar-refractivity contribution in [1.82, 2.24) is 20.9 Å². The van der Waals surface area contributed by atoms with Gasteiger partial charge in [0.05, 0.1) is 30.3 Å². The van der Waals surface area contributed by atoms with Gasteiger partial charge in [-0.1, -0.05) is 20.8 Å². The number of carbonyl (C=O) groups excluding carboxylic acids is 3. The lowest BCUT2D eigenvalue weighted by Gasteiger charge is -2.47. The molecule has 3 aliphatic heterocycles. The van der Waals surface area contributed by atoms with E-state index in [9.17, 15) is 32.7 Å². The molecule has 0 bridgehead atoms. The van der Waals surface area contributed by atoms with Crippen molar-refractivity contribution in [1.29, 1.82) is 0 Å². The van der Waals surface area contributed by atoms with Crippen molar-refractivity contribution >= 4 is 17.8 Å². The molecule has 3 fully saturated rings. The topological polar surface area (TPSA) is 157 Å². The number of alkyl halides is 3. The number of amides is 1. The molecule has 5 unspecified atom stereocenters. The number of ketones is 1. The Balaban J connectivity index is 1.97. The molecular weight excluding hydrogens is 665 g/mol. The number of halogens is 3. The molecule has 3 saturated heterocycles. The molecule has 4 N–H and O–H groups in total. The Kier molecular flexibility index (Phi) is 14.5. The number of aliphatic hydroxyl groups is 1. The number of nitrogens with zero attached hydrogens (tertiary/aromatic N) is 1. The number of rotatable bonds is 9. The minimum absolute atomic E-state index is 0.0696. The van der Waals surface area contributed by atoms with Gasteiger partial charge in [-0.2, -0.15) is 13.2 Å². The molecule has 0 saturated carbocycles. The van der Waals surface area contributed by atoms with Crippen LogP contribution >= 0.6 is 0 Å². The number of hydrogen-bond donors (Lipinski definition) is 4. The Morgan fingerprint density at radius 1 is 1.12 bits per heavy atom. The van der Waals surface area contributed by atoms with Gasteiger partial charge in [-0.25, -0.2) is 4.79 Å². The van der Waals surface area contributed by atoms with Crippen LogP contribution in [-0.4, -0.2) is 135 Å². The fourth-order valence-corrected chi connectivity index (χ4v) is 7.65. The number of Topliss-reactive ketones (excluding diaryl/α,β-unsaturated/α-hetero) is 1. The summed E-state index contributed by atoms with van der Waals surface area (Å²) in [6.45, 7) is 12.6. The summed E-state index contributed by atoms with van der Waals surface area (Å²) in [5.74, 6) is -3.56. The maximum atomic E-state index is 14.2.